The highest BCUT2D eigenvalue weighted by Crippen LogP contribution is 2.30. The lowest BCUT2D eigenvalue weighted by atomic mass is 9.85. The standard InChI is InChI=1S/C53H67N13O9S/c1-32-46(76-31-61-32)36-11-7-34(8-12-36)27-60-50(71)42-25-37(67)30-66(42)52(73)47(53(2,3)4)64-44(69)16-21-74-22-18-57-43(68)14-13-38(54)49(70)59-26-33-5-9-35(10-6-33)39-29-58-48(55)45(62-39)51(72)63-40-28-56-17-15-41(40)65-19-23-75-24-20-65/h5-12,15,17,28-29,31,37-38,42,47,67H,13-14,16,18-27,30,54H2,1-4H3,(H2,55,58)(H,57,68)(H,59,70)(H,60,71)(H,63,72)(H,64,69)/t37-,38?,42+,47?/m1/s1. The molecule has 2 aliphatic rings. The number of nitrogens with two attached hydrogens (primary N) is 2. The molecule has 3 aromatic heterocycles. The van der Waals surface area contributed by atoms with Gasteiger partial charge in [0.05, 0.1) is 84.1 Å². The number of carbonyl (C=O) groups is 6. The largest absolute Gasteiger partial charge is 0.391 e. The normalized spacial score (nSPS) is 16.3. The summed E-state index contributed by atoms with van der Waals surface area (Å²) in [6.45, 7) is 10.5. The predicted octanol–water partition coefficient (Wildman–Crippen LogP) is 2.70. The minimum atomic E-state index is -0.993. The van der Waals surface area contributed by atoms with Crippen molar-refractivity contribution in [2.75, 3.05) is 68.6 Å². The van der Waals surface area contributed by atoms with E-state index in [1.54, 1.807) is 53.5 Å². The molecule has 404 valence electrons. The van der Waals surface area contributed by atoms with Crippen molar-refractivity contribution >= 4 is 64.0 Å². The van der Waals surface area contributed by atoms with Crippen LogP contribution in [0.15, 0.2) is 78.7 Å². The Morgan fingerprint density at radius 3 is 2.26 bits per heavy atom. The van der Waals surface area contributed by atoms with E-state index in [9.17, 15) is 33.9 Å². The molecule has 5 aromatic rings. The molecule has 4 atom stereocenters. The number of nitrogens with one attached hydrogen (secondary N) is 5. The van der Waals surface area contributed by atoms with Crippen LogP contribution in [-0.2, 0) is 46.5 Å². The lowest BCUT2D eigenvalue weighted by Crippen LogP contribution is -2.57. The molecule has 23 heteroatoms. The molecule has 0 bridgehead atoms. The van der Waals surface area contributed by atoms with Gasteiger partial charge in [0.25, 0.3) is 5.91 Å². The van der Waals surface area contributed by atoms with Crippen molar-refractivity contribution in [2.24, 2.45) is 11.1 Å². The number of ether oxygens (including phenoxy) is 2. The minimum absolute atomic E-state index is 0.00745. The van der Waals surface area contributed by atoms with Gasteiger partial charge in [0.2, 0.25) is 29.5 Å². The van der Waals surface area contributed by atoms with Crippen molar-refractivity contribution in [3.63, 3.8) is 0 Å². The zero-order chi connectivity index (χ0) is 54.4. The third-order valence-electron chi connectivity index (χ3n) is 12.9. The Labute approximate surface area is 445 Å². The molecular formula is C53H67N13O9S. The van der Waals surface area contributed by atoms with Gasteiger partial charge in [-0.15, -0.1) is 11.3 Å². The molecule has 2 saturated heterocycles. The number of pyridine rings is 1. The van der Waals surface area contributed by atoms with Gasteiger partial charge >= 0.3 is 0 Å². The second-order valence-corrected chi connectivity index (χ2v) is 20.5. The molecule has 0 radical (unpaired) electrons. The molecule has 7 rings (SSSR count). The van der Waals surface area contributed by atoms with Crippen molar-refractivity contribution in [3.8, 4) is 21.7 Å². The van der Waals surface area contributed by atoms with Crippen LogP contribution in [0, 0.1) is 12.3 Å². The monoisotopic (exact) mass is 1060 g/mol. The Bertz CT molecular complexity index is 2820. The highest BCUT2D eigenvalue weighted by Gasteiger charge is 2.44. The minimum Gasteiger partial charge on any atom is -0.391 e. The maximum atomic E-state index is 14.0. The highest BCUT2D eigenvalue weighted by molar-refractivity contribution is 7.13. The molecule has 5 heterocycles. The molecule has 0 aliphatic carbocycles. The van der Waals surface area contributed by atoms with Crippen molar-refractivity contribution < 1.29 is 43.3 Å². The van der Waals surface area contributed by atoms with Gasteiger partial charge in [0.1, 0.15) is 12.1 Å². The quantitative estimate of drug-likeness (QED) is 0.0462. The van der Waals surface area contributed by atoms with Crippen LogP contribution < -0.4 is 43.0 Å². The fourth-order valence-electron chi connectivity index (χ4n) is 8.61. The number of amides is 6. The van der Waals surface area contributed by atoms with Crippen molar-refractivity contribution in [1.82, 2.24) is 46.1 Å². The number of nitrogen functional groups attached to an aromatic ring is 1. The molecule has 0 spiro atoms. The molecule has 22 nitrogen and oxygen atoms in total. The summed E-state index contributed by atoms with van der Waals surface area (Å²) >= 11 is 1.56. The van der Waals surface area contributed by atoms with Crippen LogP contribution in [0.2, 0.25) is 0 Å². The van der Waals surface area contributed by atoms with E-state index in [4.69, 9.17) is 20.9 Å². The molecule has 2 fully saturated rings. The van der Waals surface area contributed by atoms with E-state index in [1.165, 1.54) is 11.1 Å². The summed E-state index contributed by atoms with van der Waals surface area (Å²) < 4.78 is 11.0. The second kappa shape index (κ2) is 26.4. The zero-order valence-corrected chi connectivity index (χ0v) is 44.0. The van der Waals surface area contributed by atoms with Crippen LogP contribution in [0.3, 0.4) is 0 Å². The van der Waals surface area contributed by atoms with Crippen LogP contribution in [0.5, 0.6) is 0 Å². The number of aliphatic hydroxyl groups excluding tert-OH is 1. The first-order valence-corrected chi connectivity index (χ1v) is 26.1. The summed E-state index contributed by atoms with van der Waals surface area (Å²) in [4.78, 5) is 101. The van der Waals surface area contributed by atoms with E-state index in [0.717, 1.165) is 32.9 Å². The number of likely N-dealkylation sites (tertiary alicyclic amines) is 1. The van der Waals surface area contributed by atoms with E-state index < -0.39 is 59.2 Å². The smallest absolute Gasteiger partial charge is 0.278 e. The summed E-state index contributed by atoms with van der Waals surface area (Å²) in [5.41, 5.74) is 19.3. The number of carbonyl (C=O) groups excluding carboxylic acids is 6. The lowest BCUT2D eigenvalue weighted by molar-refractivity contribution is -0.144. The van der Waals surface area contributed by atoms with Crippen molar-refractivity contribution in [2.45, 2.75) is 90.7 Å². The van der Waals surface area contributed by atoms with Crippen molar-refractivity contribution in [1.29, 1.82) is 0 Å². The number of morpholine rings is 1. The van der Waals surface area contributed by atoms with Crippen LogP contribution in [-0.4, -0.2) is 142 Å². The predicted molar refractivity (Wildman–Crippen MR) is 286 cm³/mol. The van der Waals surface area contributed by atoms with Gasteiger partial charge < -0.3 is 62.4 Å². The number of hydrogen-bond donors (Lipinski definition) is 8. The number of anilines is 3. The number of thiazole rings is 1. The number of rotatable bonds is 22. The number of aromatic nitrogens is 4. The van der Waals surface area contributed by atoms with Crippen LogP contribution in [0.1, 0.15) is 73.8 Å². The topological polar surface area (TPSA) is 311 Å². The Kier molecular flexibility index (Phi) is 19.5. The molecule has 2 aromatic carbocycles. The van der Waals surface area contributed by atoms with Gasteiger partial charge in [-0.1, -0.05) is 69.3 Å². The third-order valence-corrected chi connectivity index (χ3v) is 13.9. The van der Waals surface area contributed by atoms with Gasteiger partial charge in [-0.3, -0.25) is 33.8 Å². The Morgan fingerprint density at radius 1 is 0.882 bits per heavy atom. The van der Waals surface area contributed by atoms with Gasteiger partial charge in [-0.25, -0.2) is 15.0 Å². The fraction of sp³-hybridized carbons (Fsp3) is 0.434. The summed E-state index contributed by atoms with van der Waals surface area (Å²) in [5.74, 6) is -2.64. The SMILES string of the molecule is Cc1ncsc1-c1ccc(CNC(=O)[C@@H]2C[C@@H](O)CN2C(=O)C(NC(=O)CCOCCNC(=O)CCC(N)C(=O)NCc2ccc(-c3cnc(N)c(C(=O)Nc4cnccc4N4CCOCC4)n3)cc2)C(C)(C)C)cc1. The Morgan fingerprint density at radius 2 is 1.58 bits per heavy atom. The van der Waals surface area contributed by atoms with Gasteiger partial charge in [-0.2, -0.15) is 0 Å². The number of aliphatic hydroxyl groups is 1. The van der Waals surface area contributed by atoms with Crippen LogP contribution in [0.4, 0.5) is 17.2 Å². The molecule has 2 unspecified atom stereocenters. The first-order valence-electron chi connectivity index (χ1n) is 25.2. The molecule has 6 amide bonds. The van der Waals surface area contributed by atoms with E-state index >= 15 is 0 Å². The second-order valence-electron chi connectivity index (χ2n) is 19.7. The fourth-order valence-corrected chi connectivity index (χ4v) is 9.42. The average molecular weight is 1060 g/mol. The number of benzene rings is 2. The summed E-state index contributed by atoms with van der Waals surface area (Å²) in [6.07, 6.45) is 3.89. The lowest BCUT2D eigenvalue weighted by Gasteiger charge is -2.35. The summed E-state index contributed by atoms with van der Waals surface area (Å²) in [7, 11) is 0. The van der Waals surface area contributed by atoms with E-state index in [1.807, 2.05) is 58.0 Å². The maximum Gasteiger partial charge on any atom is 0.278 e. The van der Waals surface area contributed by atoms with Crippen molar-refractivity contribution in [3.05, 3.63) is 101 Å². The maximum absolute atomic E-state index is 14.0. The first-order chi connectivity index (χ1) is 36.4. The molecule has 0 saturated carbocycles. The van der Waals surface area contributed by atoms with E-state index in [-0.39, 0.29) is 82.5 Å². The van der Waals surface area contributed by atoms with E-state index in [0.29, 0.717) is 43.2 Å². The number of nitrogens with zero attached hydrogens (tertiary/aromatic N) is 6. The van der Waals surface area contributed by atoms with Gasteiger partial charge in [-0.05, 0) is 41.5 Å². The summed E-state index contributed by atoms with van der Waals surface area (Å²) in [6, 6.07) is 13.9. The van der Waals surface area contributed by atoms with Crippen LogP contribution in [0.25, 0.3) is 21.7 Å². The van der Waals surface area contributed by atoms with Gasteiger partial charge in [0, 0.05) is 70.3 Å². The molecule has 2 aliphatic heterocycles. The highest BCUT2D eigenvalue weighted by atomic mass is 32.1. The number of hydrogen-bond acceptors (Lipinski definition) is 17. The average Bonchev–Trinajstić information content (AvgIpc) is 4.04. The number of aryl methyl sites for hydroxylation is 1. The van der Waals surface area contributed by atoms with E-state index in [2.05, 4.69) is 51.4 Å². The summed E-state index contributed by atoms with van der Waals surface area (Å²) in [5, 5.41) is 24.7. The Hall–Kier alpha value is -7.44. The Balaban J connectivity index is 0.776. The molecule has 76 heavy (non-hydrogen) atoms. The van der Waals surface area contributed by atoms with Crippen LogP contribution >= 0.6 is 11.3 Å². The molecular weight excluding hydrogens is 995 g/mol. The zero-order valence-electron chi connectivity index (χ0n) is 43.2. The number of β-amino-alcohol motifs (C(OH)–C–C–N with tert-alkyl or cyclic N) is 1. The molecule has 10 N–H and O–H groups in total. The third kappa shape index (κ3) is 15.3. The first kappa shape index (κ1) is 56.3. The van der Waals surface area contributed by atoms with Gasteiger partial charge in [0.15, 0.2) is 11.5 Å².